The third-order valence-corrected chi connectivity index (χ3v) is 6.80. The summed E-state index contributed by atoms with van der Waals surface area (Å²) >= 11 is 0. The van der Waals surface area contributed by atoms with E-state index < -0.39 is 0 Å². The van der Waals surface area contributed by atoms with Crippen molar-refractivity contribution < 1.29 is 0 Å². The average Bonchev–Trinajstić information content (AvgIpc) is 3.04. The standard InChI is InChI=1S/C12H22.C9H18/c1-12(2,3)11-7-9-5-4-6-10(9)8-11;1-9(2,3)8-6-4-5-7-8/h9-11H,4-8H2,1-3H3;8H,4-7H2,1-3H3. The molecule has 0 aromatic rings. The maximum Gasteiger partial charge on any atom is -0.0354 e. The summed E-state index contributed by atoms with van der Waals surface area (Å²) in [5.41, 5.74) is 1.15. The van der Waals surface area contributed by atoms with E-state index in [1.165, 1.54) is 57.8 Å². The molecular formula is C21H40. The van der Waals surface area contributed by atoms with E-state index in [4.69, 9.17) is 0 Å². The van der Waals surface area contributed by atoms with Crippen molar-refractivity contribution in [1.29, 1.82) is 0 Å². The molecule has 21 heavy (non-hydrogen) atoms. The molecule has 3 rings (SSSR count). The van der Waals surface area contributed by atoms with Gasteiger partial charge >= 0.3 is 0 Å². The maximum absolute atomic E-state index is 2.42. The SMILES string of the molecule is CC(C)(C)C1CC2CCCC2C1.CC(C)(C)C1CCCC1. The lowest BCUT2D eigenvalue weighted by Crippen LogP contribution is -2.17. The van der Waals surface area contributed by atoms with Gasteiger partial charge in [0.25, 0.3) is 0 Å². The van der Waals surface area contributed by atoms with E-state index >= 15 is 0 Å². The molecule has 0 bridgehead atoms. The molecule has 0 saturated heterocycles. The number of rotatable bonds is 0. The van der Waals surface area contributed by atoms with Crippen LogP contribution in [0.4, 0.5) is 0 Å². The van der Waals surface area contributed by atoms with E-state index in [0.29, 0.717) is 10.8 Å². The van der Waals surface area contributed by atoms with Crippen LogP contribution in [-0.2, 0) is 0 Å². The second-order valence-electron chi connectivity index (χ2n) is 10.3. The van der Waals surface area contributed by atoms with Crippen molar-refractivity contribution in [2.24, 2.45) is 34.5 Å². The first kappa shape index (κ1) is 17.4. The van der Waals surface area contributed by atoms with Crippen molar-refractivity contribution in [3.8, 4) is 0 Å². The van der Waals surface area contributed by atoms with Crippen molar-refractivity contribution in [2.45, 2.75) is 99.3 Å². The van der Waals surface area contributed by atoms with Crippen LogP contribution in [0.3, 0.4) is 0 Å². The Morgan fingerprint density at radius 1 is 0.524 bits per heavy atom. The van der Waals surface area contributed by atoms with E-state index in [-0.39, 0.29) is 0 Å². The highest BCUT2D eigenvalue weighted by molar-refractivity contribution is 4.91. The van der Waals surface area contributed by atoms with Crippen LogP contribution >= 0.6 is 0 Å². The van der Waals surface area contributed by atoms with E-state index in [1.54, 1.807) is 0 Å². The summed E-state index contributed by atoms with van der Waals surface area (Å²) in [6.07, 6.45) is 13.6. The highest BCUT2D eigenvalue weighted by atomic mass is 14.5. The van der Waals surface area contributed by atoms with Gasteiger partial charge in [-0.3, -0.25) is 0 Å². The third kappa shape index (κ3) is 4.73. The summed E-state index contributed by atoms with van der Waals surface area (Å²) < 4.78 is 0. The fraction of sp³-hybridized carbons (Fsp3) is 1.00. The fourth-order valence-corrected chi connectivity index (χ4v) is 5.06. The first-order chi connectivity index (χ1) is 9.68. The molecule has 0 spiro atoms. The van der Waals surface area contributed by atoms with Gasteiger partial charge in [0.05, 0.1) is 0 Å². The monoisotopic (exact) mass is 292 g/mol. The highest BCUT2D eigenvalue weighted by Crippen LogP contribution is 2.51. The molecule has 0 aliphatic heterocycles. The molecule has 3 aliphatic carbocycles. The van der Waals surface area contributed by atoms with Crippen molar-refractivity contribution in [3.05, 3.63) is 0 Å². The predicted molar refractivity (Wildman–Crippen MR) is 94.4 cm³/mol. The summed E-state index contributed by atoms with van der Waals surface area (Å²) in [4.78, 5) is 0. The normalized spacial score (nSPS) is 33.7. The second kappa shape index (κ2) is 6.63. The minimum atomic E-state index is 0.574. The molecule has 2 atom stereocenters. The smallest absolute Gasteiger partial charge is 0.0354 e. The molecule has 0 nitrogen and oxygen atoms in total. The average molecular weight is 293 g/mol. The molecule has 3 aliphatic rings. The molecule has 124 valence electrons. The zero-order valence-electron chi connectivity index (χ0n) is 15.7. The van der Waals surface area contributed by atoms with Crippen molar-refractivity contribution in [2.75, 3.05) is 0 Å². The van der Waals surface area contributed by atoms with Gasteiger partial charge in [0, 0.05) is 0 Å². The minimum Gasteiger partial charge on any atom is -0.0599 e. The molecule has 0 heterocycles. The molecule has 0 radical (unpaired) electrons. The Balaban J connectivity index is 0.000000161. The van der Waals surface area contributed by atoms with E-state index in [2.05, 4.69) is 41.5 Å². The quantitative estimate of drug-likeness (QED) is 0.447. The molecule has 2 unspecified atom stereocenters. The molecule has 0 N–H and O–H groups in total. The van der Waals surface area contributed by atoms with Gasteiger partial charge in [-0.15, -0.1) is 0 Å². The van der Waals surface area contributed by atoms with Crippen molar-refractivity contribution in [3.63, 3.8) is 0 Å². The molecule has 3 fully saturated rings. The van der Waals surface area contributed by atoms with Crippen molar-refractivity contribution >= 4 is 0 Å². The Hall–Kier alpha value is 0. The molecule has 0 aromatic heterocycles. The first-order valence-electron chi connectivity index (χ1n) is 9.68. The summed E-state index contributed by atoms with van der Waals surface area (Å²) in [6, 6.07) is 0. The zero-order chi connectivity index (χ0) is 15.7. The number of hydrogen-bond donors (Lipinski definition) is 0. The van der Waals surface area contributed by atoms with Crippen LogP contribution in [0.5, 0.6) is 0 Å². The summed E-state index contributed by atoms with van der Waals surface area (Å²) in [7, 11) is 0. The minimum absolute atomic E-state index is 0.574. The molecule has 0 amide bonds. The molecule has 0 heteroatoms. The van der Waals surface area contributed by atoms with Gasteiger partial charge in [-0.25, -0.2) is 0 Å². The Kier molecular flexibility index (Phi) is 5.48. The van der Waals surface area contributed by atoms with Crippen LogP contribution < -0.4 is 0 Å². The first-order valence-corrected chi connectivity index (χ1v) is 9.68. The molecule has 0 aromatic carbocycles. The van der Waals surface area contributed by atoms with Gasteiger partial charge in [-0.1, -0.05) is 73.6 Å². The van der Waals surface area contributed by atoms with Crippen molar-refractivity contribution in [1.82, 2.24) is 0 Å². The predicted octanol–water partition coefficient (Wildman–Crippen LogP) is 7.08. The van der Waals surface area contributed by atoms with E-state index in [0.717, 1.165) is 23.7 Å². The lowest BCUT2D eigenvalue weighted by atomic mass is 9.78. The van der Waals surface area contributed by atoms with Crippen LogP contribution in [0.15, 0.2) is 0 Å². The van der Waals surface area contributed by atoms with Gasteiger partial charge in [-0.2, -0.15) is 0 Å². The summed E-state index contributed by atoms with van der Waals surface area (Å²) in [6.45, 7) is 14.3. The van der Waals surface area contributed by atoms with Crippen LogP contribution in [0, 0.1) is 34.5 Å². The Morgan fingerprint density at radius 3 is 1.29 bits per heavy atom. The third-order valence-electron chi connectivity index (χ3n) is 6.80. The zero-order valence-corrected chi connectivity index (χ0v) is 15.7. The van der Waals surface area contributed by atoms with Gasteiger partial charge in [0.15, 0.2) is 0 Å². The second-order valence-corrected chi connectivity index (χ2v) is 10.3. The Bertz CT molecular complexity index is 296. The van der Waals surface area contributed by atoms with E-state index in [9.17, 15) is 0 Å². The van der Waals surface area contributed by atoms with Gasteiger partial charge in [-0.05, 0) is 60.2 Å². The highest BCUT2D eigenvalue weighted by Gasteiger charge is 2.41. The van der Waals surface area contributed by atoms with Gasteiger partial charge in [0.1, 0.15) is 0 Å². The number of hydrogen-bond acceptors (Lipinski definition) is 0. The summed E-state index contributed by atoms with van der Waals surface area (Å²) in [5, 5.41) is 0. The van der Waals surface area contributed by atoms with Crippen LogP contribution in [0.2, 0.25) is 0 Å². The lowest BCUT2D eigenvalue weighted by Gasteiger charge is -2.27. The summed E-state index contributed by atoms with van der Waals surface area (Å²) in [5.74, 6) is 4.27. The van der Waals surface area contributed by atoms with Crippen LogP contribution in [0.25, 0.3) is 0 Å². The van der Waals surface area contributed by atoms with Crippen LogP contribution in [-0.4, -0.2) is 0 Å². The van der Waals surface area contributed by atoms with E-state index in [1.807, 2.05) is 0 Å². The molecular weight excluding hydrogens is 252 g/mol. The van der Waals surface area contributed by atoms with Gasteiger partial charge in [0.2, 0.25) is 0 Å². The Labute approximate surface area is 134 Å². The topological polar surface area (TPSA) is 0 Å². The van der Waals surface area contributed by atoms with Gasteiger partial charge < -0.3 is 0 Å². The Morgan fingerprint density at radius 2 is 0.952 bits per heavy atom. The maximum atomic E-state index is 2.42. The molecule has 3 saturated carbocycles. The van der Waals surface area contributed by atoms with Crippen LogP contribution in [0.1, 0.15) is 99.3 Å². The largest absolute Gasteiger partial charge is 0.0599 e. The lowest BCUT2D eigenvalue weighted by molar-refractivity contribution is 0.232. The fourth-order valence-electron chi connectivity index (χ4n) is 5.06. The number of fused-ring (bicyclic) bond motifs is 1.